The van der Waals surface area contributed by atoms with Crippen molar-refractivity contribution in [2.24, 2.45) is 0 Å². The Morgan fingerprint density at radius 3 is 2.42 bits per heavy atom. The van der Waals surface area contributed by atoms with Gasteiger partial charge in [0.25, 0.3) is 0 Å². The highest BCUT2D eigenvalue weighted by molar-refractivity contribution is 5.48. The van der Waals surface area contributed by atoms with E-state index in [1.165, 1.54) is 12.1 Å². The molecule has 0 saturated carbocycles. The zero-order chi connectivity index (χ0) is 14.0. The molecule has 0 aromatic heterocycles. The van der Waals surface area contributed by atoms with Crippen LogP contribution in [0.4, 0.5) is 18.9 Å². The lowest BCUT2D eigenvalue weighted by Gasteiger charge is -2.10. The minimum absolute atomic E-state index is 0.0497. The summed E-state index contributed by atoms with van der Waals surface area (Å²) in [5.41, 5.74) is 0.00634. The van der Waals surface area contributed by atoms with Crippen LogP contribution in [0.2, 0.25) is 0 Å². The first-order chi connectivity index (χ1) is 8.97. The minimum Gasteiger partial charge on any atom is -0.508 e. The van der Waals surface area contributed by atoms with Crippen molar-refractivity contribution in [1.82, 2.24) is 0 Å². The lowest BCUT2D eigenvalue weighted by Crippen LogP contribution is -2.03. The fraction of sp³-hybridized carbons (Fsp3) is 0.0769. The standard InChI is InChI=1S/C13H10F3NO2/c14-8-3-10(15)13(16)11(4-8)17-6-7-1-2-9(18)5-12(7)19/h1-5,17-19H,6H2. The molecule has 0 atom stereocenters. The van der Waals surface area contributed by atoms with Gasteiger partial charge >= 0.3 is 0 Å². The van der Waals surface area contributed by atoms with Gasteiger partial charge in [-0.05, 0) is 12.1 Å². The lowest BCUT2D eigenvalue weighted by molar-refractivity contribution is 0.446. The van der Waals surface area contributed by atoms with Crippen molar-refractivity contribution in [2.45, 2.75) is 6.54 Å². The number of halogens is 3. The number of phenols is 2. The Morgan fingerprint density at radius 1 is 1.00 bits per heavy atom. The molecule has 0 aliphatic rings. The first-order valence-electron chi connectivity index (χ1n) is 5.36. The molecule has 0 unspecified atom stereocenters. The van der Waals surface area contributed by atoms with Crippen molar-refractivity contribution in [3.63, 3.8) is 0 Å². The Labute approximate surface area is 106 Å². The summed E-state index contributed by atoms with van der Waals surface area (Å²) in [4.78, 5) is 0. The summed E-state index contributed by atoms with van der Waals surface area (Å²) < 4.78 is 39.2. The lowest BCUT2D eigenvalue weighted by atomic mass is 10.2. The Morgan fingerprint density at radius 2 is 1.74 bits per heavy atom. The number of hydrogen-bond acceptors (Lipinski definition) is 3. The smallest absolute Gasteiger partial charge is 0.182 e. The van der Waals surface area contributed by atoms with Crippen molar-refractivity contribution in [3.05, 3.63) is 53.3 Å². The molecule has 0 bridgehead atoms. The molecule has 2 aromatic rings. The van der Waals surface area contributed by atoms with E-state index < -0.39 is 17.5 Å². The molecule has 0 aliphatic heterocycles. The third kappa shape index (κ3) is 2.90. The van der Waals surface area contributed by atoms with Crippen LogP contribution in [0.3, 0.4) is 0 Å². The predicted molar refractivity (Wildman–Crippen MR) is 63.4 cm³/mol. The van der Waals surface area contributed by atoms with E-state index in [-0.39, 0.29) is 23.7 Å². The van der Waals surface area contributed by atoms with Crippen molar-refractivity contribution in [1.29, 1.82) is 0 Å². The van der Waals surface area contributed by atoms with Crippen LogP contribution in [-0.4, -0.2) is 10.2 Å². The number of nitrogens with one attached hydrogen (secondary N) is 1. The number of phenolic OH excluding ortho intramolecular Hbond substituents is 2. The Hall–Kier alpha value is -2.37. The second kappa shape index (κ2) is 5.09. The molecule has 0 heterocycles. The zero-order valence-electron chi connectivity index (χ0n) is 9.62. The van der Waals surface area contributed by atoms with Gasteiger partial charge in [-0.1, -0.05) is 0 Å². The highest BCUT2D eigenvalue weighted by Crippen LogP contribution is 2.25. The number of aromatic hydroxyl groups is 2. The van der Waals surface area contributed by atoms with Crippen molar-refractivity contribution >= 4 is 5.69 Å². The molecule has 3 nitrogen and oxygen atoms in total. The van der Waals surface area contributed by atoms with Crippen LogP contribution in [0, 0.1) is 17.5 Å². The first-order valence-corrected chi connectivity index (χ1v) is 5.36. The molecule has 2 aromatic carbocycles. The third-order valence-corrected chi connectivity index (χ3v) is 2.53. The largest absolute Gasteiger partial charge is 0.508 e. The van der Waals surface area contributed by atoms with Gasteiger partial charge in [0.15, 0.2) is 11.6 Å². The fourth-order valence-electron chi connectivity index (χ4n) is 1.58. The van der Waals surface area contributed by atoms with Crippen LogP contribution in [0.15, 0.2) is 30.3 Å². The molecular formula is C13H10F3NO2. The van der Waals surface area contributed by atoms with E-state index in [2.05, 4.69) is 5.32 Å². The average Bonchev–Trinajstić information content (AvgIpc) is 2.33. The summed E-state index contributed by atoms with van der Waals surface area (Å²) in [6.45, 7) is -0.0497. The monoisotopic (exact) mass is 269 g/mol. The SMILES string of the molecule is Oc1ccc(CNc2cc(F)cc(F)c2F)c(O)c1. The number of benzene rings is 2. The molecule has 6 heteroatoms. The molecule has 0 saturated heterocycles. The van der Waals surface area contributed by atoms with Gasteiger partial charge in [0, 0.05) is 30.3 Å². The Bertz CT molecular complexity index is 617. The van der Waals surface area contributed by atoms with E-state index in [1.807, 2.05) is 0 Å². The van der Waals surface area contributed by atoms with Crippen LogP contribution in [0.1, 0.15) is 5.56 Å². The summed E-state index contributed by atoms with van der Waals surface area (Å²) in [5.74, 6) is -3.72. The van der Waals surface area contributed by atoms with Crippen molar-refractivity contribution in [2.75, 3.05) is 5.32 Å². The van der Waals surface area contributed by atoms with E-state index in [0.29, 0.717) is 11.6 Å². The van der Waals surface area contributed by atoms with Gasteiger partial charge in [-0.15, -0.1) is 0 Å². The maximum Gasteiger partial charge on any atom is 0.182 e. The third-order valence-electron chi connectivity index (χ3n) is 2.53. The van der Waals surface area contributed by atoms with Crippen molar-refractivity contribution < 1.29 is 23.4 Å². The maximum atomic E-state index is 13.3. The van der Waals surface area contributed by atoms with E-state index in [1.54, 1.807) is 0 Å². The predicted octanol–water partition coefficient (Wildman–Crippen LogP) is 3.13. The van der Waals surface area contributed by atoms with Crippen LogP contribution < -0.4 is 5.32 Å². The molecule has 0 aliphatic carbocycles. The van der Waals surface area contributed by atoms with Crippen LogP contribution in [-0.2, 0) is 6.54 Å². The molecule has 0 radical (unpaired) electrons. The molecule has 3 N–H and O–H groups in total. The molecular weight excluding hydrogens is 259 g/mol. The van der Waals surface area contributed by atoms with Gasteiger partial charge < -0.3 is 15.5 Å². The number of anilines is 1. The molecule has 100 valence electrons. The summed E-state index contributed by atoms with van der Waals surface area (Å²) in [5, 5.41) is 21.1. The van der Waals surface area contributed by atoms with E-state index >= 15 is 0 Å². The highest BCUT2D eigenvalue weighted by atomic mass is 19.2. The quantitative estimate of drug-likeness (QED) is 0.750. The first kappa shape index (κ1) is 13.1. The van der Waals surface area contributed by atoms with Gasteiger partial charge in [-0.2, -0.15) is 0 Å². The van der Waals surface area contributed by atoms with Gasteiger partial charge in [0.05, 0.1) is 5.69 Å². The van der Waals surface area contributed by atoms with E-state index in [4.69, 9.17) is 5.11 Å². The van der Waals surface area contributed by atoms with Crippen LogP contribution in [0.5, 0.6) is 11.5 Å². The molecule has 2 rings (SSSR count). The molecule has 0 amide bonds. The van der Waals surface area contributed by atoms with Gasteiger partial charge in [-0.25, -0.2) is 13.2 Å². The van der Waals surface area contributed by atoms with Gasteiger partial charge in [0.2, 0.25) is 0 Å². The molecule has 19 heavy (non-hydrogen) atoms. The van der Waals surface area contributed by atoms with Crippen LogP contribution >= 0.6 is 0 Å². The van der Waals surface area contributed by atoms with E-state index in [0.717, 1.165) is 12.1 Å². The van der Waals surface area contributed by atoms with E-state index in [9.17, 15) is 18.3 Å². The van der Waals surface area contributed by atoms with Gasteiger partial charge in [-0.3, -0.25) is 0 Å². The summed E-state index contributed by atoms with van der Waals surface area (Å²) in [6.07, 6.45) is 0. The highest BCUT2D eigenvalue weighted by Gasteiger charge is 2.11. The fourth-order valence-corrected chi connectivity index (χ4v) is 1.58. The topological polar surface area (TPSA) is 52.5 Å². The maximum absolute atomic E-state index is 13.3. The van der Waals surface area contributed by atoms with Gasteiger partial charge in [0.1, 0.15) is 17.3 Å². The Kier molecular flexibility index (Phi) is 3.50. The summed E-state index contributed by atoms with van der Waals surface area (Å²) >= 11 is 0. The second-order valence-corrected chi connectivity index (χ2v) is 3.92. The average molecular weight is 269 g/mol. The number of hydrogen-bond donors (Lipinski definition) is 3. The summed E-state index contributed by atoms with van der Waals surface area (Å²) in [6, 6.07) is 5.11. The zero-order valence-corrected chi connectivity index (χ0v) is 9.62. The minimum atomic E-state index is -1.29. The van der Waals surface area contributed by atoms with Crippen molar-refractivity contribution in [3.8, 4) is 11.5 Å². The molecule has 0 spiro atoms. The number of rotatable bonds is 3. The normalized spacial score (nSPS) is 10.5. The summed E-state index contributed by atoms with van der Waals surface area (Å²) in [7, 11) is 0. The second-order valence-electron chi connectivity index (χ2n) is 3.92. The molecule has 0 fully saturated rings. The Balaban J connectivity index is 2.19. The van der Waals surface area contributed by atoms with Crippen LogP contribution in [0.25, 0.3) is 0 Å².